The maximum absolute atomic E-state index is 4.88. The zero-order valence-corrected chi connectivity index (χ0v) is 36.4. The molecular weight excluding hydrogens is 769 g/mol. The number of allylic oxidation sites excluding steroid dienone is 6. The Morgan fingerprint density at radius 3 is 0.778 bits per heavy atom. The highest BCUT2D eigenvalue weighted by molar-refractivity contribution is 6.01. The van der Waals surface area contributed by atoms with Gasteiger partial charge < -0.3 is 15.0 Å². The van der Waals surface area contributed by atoms with Crippen molar-refractivity contribution < 1.29 is 0 Å². The lowest BCUT2D eigenvalue weighted by Gasteiger charge is -2.15. The summed E-state index contributed by atoms with van der Waals surface area (Å²) in [6, 6.07) is 46.4. The van der Waals surface area contributed by atoms with Crippen molar-refractivity contribution in [3.63, 3.8) is 0 Å². The van der Waals surface area contributed by atoms with Crippen LogP contribution in [0, 0.1) is 20.8 Å². The number of nitrogens with zero attached hydrogens (tertiary/aromatic N) is 3. The van der Waals surface area contributed by atoms with E-state index in [0.29, 0.717) is 0 Å². The second-order valence-electron chi connectivity index (χ2n) is 16.7. The molecule has 0 aliphatic carbocycles. The van der Waals surface area contributed by atoms with Crippen LogP contribution in [0.15, 0.2) is 196 Å². The number of hydrogen-bond donors (Lipinski definition) is 3. The molecule has 0 spiro atoms. The van der Waals surface area contributed by atoms with Crippen molar-refractivity contribution in [3.05, 3.63) is 232 Å². The second kappa shape index (κ2) is 16.2. The third-order valence-electron chi connectivity index (χ3n) is 11.9. The van der Waals surface area contributed by atoms with Crippen LogP contribution in [0.2, 0.25) is 0 Å². The quantitative estimate of drug-likeness (QED) is 0.130. The van der Waals surface area contributed by atoms with Crippen molar-refractivity contribution in [1.29, 1.82) is 0 Å². The van der Waals surface area contributed by atoms with Gasteiger partial charge in [-0.25, -0.2) is 0 Å². The summed E-state index contributed by atoms with van der Waals surface area (Å²) in [5.74, 6) is 0. The van der Waals surface area contributed by atoms with Crippen molar-refractivity contribution in [2.45, 2.75) is 41.5 Å². The van der Waals surface area contributed by atoms with Crippen LogP contribution in [0.25, 0.3) is 50.1 Å². The topological polar surface area (TPSA) is 84.4 Å². The Morgan fingerprint density at radius 1 is 0.302 bits per heavy atom. The normalized spacial score (nSPS) is 16.8. The van der Waals surface area contributed by atoms with Crippen LogP contribution in [-0.2, 0) is 0 Å². The first-order chi connectivity index (χ1) is 30.6. The molecule has 0 radical (unpaired) electrons. The molecule has 3 N–H and O–H groups in total. The van der Waals surface area contributed by atoms with Gasteiger partial charge in [0.2, 0.25) is 0 Å². The molecule has 306 valence electrons. The van der Waals surface area contributed by atoms with Crippen LogP contribution in [0.5, 0.6) is 0 Å². The van der Waals surface area contributed by atoms with Crippen LogP contribution in [0.4, 0.5) is 0 Å². The zero-order chi connectivity index (χ0) is 43.2. The molecule has 7 aromatic rings. The highest BCUT2D eigenvalue weighted by Gasteiger charge is 2.19. The molecule has 6 heteroatoms. The van der Waals surface area contributed by atoms with E-state index in [0.717, 1.165) is 135 Å². The van der Waals surface area contributed by atoms with Crippen LogP contribution >= 0.6 is 0 Å². The SMILES string of the molecule is CC1=N/C(=C(/c2ccc(-c3cc(-c4ccc(/C(=C5\C=CC(C)=N5)c5ccc(C)[nH]5)cc4)cc(-c4ccc(/C(=C5/C=CC(C)=N5)c5ccc(C)[nH]5)cc4)c3)cc2)c2ccc(C)[nH]2)C=C1. The van der Waals surface area contributed by atoms with Gasteiger partial charge in [-0.15, -0.1) is 0 Å². The van der Waals surface area contributed by atoms with E-state index in [1.54, 1.807) is 0 Å². The molecule has 0 saturated carbocycles. The van der Waals surface area contributed by atoms with Gasteiger partial charge in [-0.3, -0.25) is 15.0 Å². The molecule has 6 heterocycles. The highest BCUT2D eigenvalue weighted by Crippen LogP contribution is 2.38. The molecule has 63 heavy (non-hydrogen) atoms. The van der Waals surface area contributed by atoms with Gasteiger partial charge in [-0.1, -0.05) is 72.8 Å². The summed E-state index contributed by atoms with van der Waals surface area (Å²) in [5, 5.41) is 0. The van der Waals surface area contributed by atoms with E-state index in [2.05, 4.69) is 200 Å². The fourth-order valence-electron chi connectivity index (χ4n) is 8.70. The molecule has 10 rings (SSSR count). The number of hydrogen-bond acceptors (Lipinski definition) is 3. The number of aryl methyl sites for hydroxylation is 3. The molecule has 3 aromatic heterocycles. The molecule has 0 atom stereocenters. The Bertz CT molecular complexity index is 2870. The second-order valence-corrected chi connectivity index (χ2v) is 16.7. The Kier molecular flexibility index (Phi) is 10.1. The van der Waals surface area contributed by atoms with Crippen LogP contribution in [-0.4, -0.2) is 32.1 Å². The van der Waals surface area contributed by atoms with E-state index in [4.69, 9.17) is 15.0 Å². The van der Waals surface area contributed by atoms with Gasteiger partial charge in [0.25, 0.3) is 0 Å². The van der Waals surface area contributed by atoms with E-state index in [1.807, 2.05) is 20.8 Å². The van der Waals surface area contributed by atoms with E-state index < -0.39 is 0 Å². The monoisotopic (exact) mass is 816 g/mol. The number of H-pyrrole nitrogens is 3. The van der Waals surface area contributed by atoms with Crippen molar-refractivity contribution >= 4 is 33.9 Å². The lowest BCUT2D eigenvalue weighted by Crippen LogP contribution is -1.94. The van der Waals surface area contributed by atoms with Gasteiger partial charge in [-0.2, -0.15) is 0 Å². The fourth-order valence-corrected chi connectivity index (χ4v) is 8.70. The van der Waals surface area contributed by atoms with Gasteiger partial charge >= 0.3 is 0 Å². The first kappa shape index (κ1) is 39.3. The number of nitrogens with one attached hydrogen (secondary N) is 3. The number of aromatic nitrogens is 3. The number of aromatic amines is 3. The van der Waals surface area contributed by atoms with E-state index in [-0.39, 0.29) is 0 Å². The van der Waals surface area contributed by atoms with Crippen LogP contribution < -0.4 is 0 Å². The number of rotatable bonds is 9. The van der Waals surface area contributed by atoms with Crippen molar-refractivity contribution in [1.82, 2.24) is 15.0 Å². The molecule has 0 saturated heterocycles. The molecular formula is C57H48N6. The van der Waals surface area contributed by atoms with Crippen LogP contribution in [0.1, 0.15) is 71.6 Å². The molecule has 0 unspecified atom stereocenters. The molecule has 0 bridgehead atoms. The lowest BCUT2D eigenvalue weighted by molar-refractivity contribution is 1.23. The zero-order valence-electron chi connectivity index (χ0n) is 36.4. The lowest BCUT2D eigenvalue weighted by atomic mass is 9.90. The molecule has 0 fully saturated rings. The summed E-state index contributed by atoms with van der Waals surface area (Å²) in [6.07, 6.45) is 12.5. The predicted octanol–water partition coefficient (Wildman–Crippen LogP) is 14.0. The summed E-state index contributed by atoms with van der Waals surface area (Å²) < 4.78 is 0. The Morgan fingerprint density at radius 2 is 0.571 bits per heavy atom. The van der Waals surface area contributed by atoms with Gasteiger partial charge in [-0.05, 0) is 183 Å². The molecule has 3 aliphatic heterocycles. The van der Waals surface area contributed by atoms with Gasteiger partial charge in [0.1, 0.15) is 0 Å². The largest absolute Gasteiger partial charge is 0.359 e. The minimum atomic E-state index is 0.963. The molecule has 6 nitrogen and oxygen atoms in total. The molecule has 0 amide bonds. The van der Waals surface area contributed by atoms with Crippen molar-refractivity contribution in [3.8, 4) is 33.4 Å². The third kappa shape index (κ3) is 7.95. The summed E-state index contributed by atoms with van der Waals surface area (Å²) in [4.78, 5) is 25.3. The highest BCUT2D eigenvalue weighted by atomic mass is 14.8. The summed E-state index contributed by atoms with van der Waals surface area (Å²) >= 11 is 0. The Hall–Kier alpha value is -7.83. The van der Waals surface area contributed by atoms with E-state index in [9.17, 15) is 0 Å². The van der Waals surface area contributed by atoms with Crippen molar-refractivity contribution in [2.24, 2.45) is 15.0 Å². The smallest absolute Gasteiger partial charge is 0.0732 e. The standard InChI is InChI=1S/C57H48N6/c1-34-7-25-49(58-34)55(50-26-8-35(2)59-50)43-19-13-40(14-20-43)46-31-47(41-15-21-44(22-16-41)56(51-27-9-36(3)60-51)52-28-10-37(4)61-52)33-48(32-46)42-17-23-45(24-18-42)57(53-29-11-38(5)62-53)54-30-12-39(6)63-54/h7-33,58,60,62H,1-6H3/b55-50-,56-52-,57-54+. The van der Waals surface area contributed by atoms with Gasteiger partial charge in [0, 0.05) is 68.0 Å². The predicted molar refractivity (Wildman–Crippen MR) is 264 cm³/mol. The van der Waals surface area contributed by atoms with Gasteiger partial charge in [0.05, 0.1) is 17.1 Å². The molecule has 3 aliphatic rings. The first-order valence-electron chi connectivity index (χ1n) is 21.5. The van der Waals surface area contributed by atoms with E-state index >= 15 is 0 Å². The average molecular weight is 817 g/mol. The number of aliphatic imine (C=N–C) groups is 3. The Labute approximate surface area is 369 Å². The Balaban J connectivity index is 1.07. The summed E-state index contributed by atoms with van der Waals surface area (Å²) in [7, 11) is 0. The molecule has 4 aromatic carbocycles. The maximum atomic E-state index is 4.88. The third-order valence-corrected chi connectivity index (χ3v) is 11.9. The van der Waals surface area contributed by atoms with Crippen LogP contribution in [0.3, 0.4) is 0 Å². The first-order valence-corrected chi connectivity index (χ1v) is 21.5. The van der Waals surface area contributed by atoms with Gasteiger partial charge in [0.15, 0.2) is 0 Å². The minimum Gasteiger partial charge on any atom is -0.359 e. The summed E-state index contributed by atoms with van der Waals surface area (Å²) in [6.45, 7) is 12.4. The minimum absolute atomic E-state index is 0.963. The number of benzene rings is 4. The van der Waals surface area contributed by atoms with Crippen molar-refractivity contribution in [2.75, 3.05) is 0 Å². The fraction of sp³-hybridized carbons (Fsp3) is 0.105. The summed E-state index contributed by atoms with van der Waals surface area (Å²) in [5.41, 5.74) is 25.8. The van der Waals surface area contributed by atoms with E-state index in [1.165, 1.54) is 0 Å². The average Bonchev–Trinajstić information content (AvgIpc) is 4.18. The maximum Gasteiger partial charge on any atom is 0.0732 e.